The Morgan fingerprint density at radius 2 is 0.778 bits per heavy atom. The van der Waals surface area contributed by atoms with E-state index in [0.717, 1.165) is 33.9 Å². The molecule has 0 radical (unpaired) electrons. The molecule has 1 heterocycles. The van der Waals surface area contributed by atoms with Gasteiger partial charge in [0.25, 0.3) is 0 Å². The summed E-state index contributed by atoms with van der Waals surface area (Å²) in [5.74, 6) is 1.13. The number of hydrogen-bond acceptors (Lipinski definition) is 2. The average molecular weight is 692 g/mol. The van der Waals surface area contributed by atoms with Crippen molar-refractivity contribution >= 4 is 22.6 Å². The van der Waals surface area contributed by atoms with Gasteiger partial charge in [-0.05, 0) is 92.5 Å². The molecule has 0 fully saturated rings. The molecular weight excluding hydrogens is 655 g/mol. The summed E-state index contributed by atoms with van der Waals surface area (Å²) in [6.45, 7) is 0. The van der Waals surface area contributed by atoms with E-state index in [1.54, 1.807) is 0 Å². The van der Waals surface area contributed by atoms with E-state index >= 15 is 0 Å². The molecule has 1 aliphatic heterocycles. The van der Waals surface area contributed by atoms with Gasteiger partial charge in [0.2, 0.25) is 0 Å². The summed E-state index contributed by atoms with van der Waals surface area (Å²) in [6, 6.07) is 73.9. The highest BCUT2D eigenvalue weighted by atomic mass is 16.5. The number of anilines is 3. The smallest absolute Gasteiger partial charge is 0.135 e. The van der Waals surface area contributed by atoms with Gasteiger partial charge in [-0.25, -0.2) is 0 Å². The van der Waals surface area contributed by atoms with Gasteiger partial charge in [-0.15, -0.1) is 0 Å². The molecular formula is C52H37NO. The minimum Gasteiger partial charge on any atom is -0.484 e. The molecule has 256 valence electrons. The predicted molar refractivity (Wildman–Crippen MR) is 224 cm³/mol. The quantitative estimate of drug-likeness (QED) is 0.165. The zero-order chi connectivity index (χ0) is 35.8. The molecule has 8 aromatic rings. The van der Waals surface area contributed by atoms with Crippen molar-refractivity contribution in [2.75, 3.05) is 4.90 Å². The van der Waals surface area contributed by atoms with Gasteiger partial charge in [0.1, 0.15) is 11.9 Å². The van der Waals surface area contributed by atoms with Crippen molar-refractivity contribution in [3.63, 3.8) is 0 Å². The van der Waals surface area contributed by atoms with E-state index < -0.39 is 0 Å². The Hall–Kier alpha value is -6.90. The summed E-state index contributed by atoms with van der Waals surface area (Å²) in [4.78, 5) is 2.33. The Bertz CT molecular complexity index is 2510. The fourth-order valence-corrected chi connectivity index (χ4v) is 8.15. The van der Waals surface area contributed by atoms with Gasteiger partial charge in [0, 0.05) is 34.1 Å². The van der Waals surface area contributed by atoms with Crippen LogP contribution < -0.4 is 9.64 Å². The van der Waals surface area contributed by atoms with Gasteiger partial charge in [-0.2, -0.15) is 0 Å². The number of rotatable bonds is 7. The largest absolute Gasteiger partial charge is 0.484 e. The first-order valence-electron chi connectivity index (χ1n) is 18.7. The van der Waals surface area contributed by atoms with Crippen LogP contribution in [0.5, 0.6) is 5.75 Å². The first-order chi connectivity index (χ1) is 26.8. The third-order valence-electron chi connectivity index (χ3n) is 10.9. The van der Waals surface area contributed by atoms with Gasteiger partial charge in [-0.3, -0.25) is 0 Å². The molecule has 1 aliphatic carbocycles. The molecule has 10 rings (SSSR count). The van der Waals surface area contributed by atoms with Gasteiger partial charge in [0.15, 0.2) is 0 Å². The monoisotopic (exact) mass is 691 g/mol. The van der Waals surface area contributed by atoms with Gasteiger partial charge in [0.05, 0.1) is 0 Å². The standard InChI is InChI=1S/C52H37NO/c1-4-12-36(13-5-1)38-20-27-43(28-21-38)53(44-29-22-39(23-30-44)37-14-6-2-7-15-37)45-31-24-40(25-32-45)42-26-33-47-50-35-49(41-16-8-3-9-17-41)46-18-10-11-19-48(46)52(50)54-51(47)34-42/h1-35,50,52H. The SMILES string of the molecule is C1=C(c2ccccc2)c2ccccc2C2Oc3cc(-c4ccc(N(c5ccc(-c6ccccc6)cc5)c5ccc(-c6ccccc6)cc5)cc4)ccc3C12. The summed E-state index contributed by atoms with van der Waals surface area (Å²) in [6.07, 6.45) is 2.38. The maximum Gasteiger partial charge on any atom is 0.135 e. The Balaban J connectivity index is 0.980. The Labute approximate surface area is 316 Å². The van der Waals surface area contributed by atoms with Gasteiger partial charge >= 0.3 is 0 Å². The van der Waals surface area contributed by atoms with E-state index in [-0.39, 0.29) is 12.0 Å². The molecule has 2 aliphatic rings. The third kappa shape index (κ3) is 5.79. The second-order valence-electron chi connectivity index (χ2n) is 14.1. The van der Waals surface area contributed by atoms with Crippen LogP contribution in [0.3, 0.4) is 0 Å². The summed E-state index contributed by atoms with van der Waals surface area (Å²) in [5, 5.41) is 0. The van der Waals surface area contributed by atoms with E-state index in [2.05, 4.69) is 217 Å². The first kappa shape index (κ1) is 31.8. The lowest BCUT2D eigenvalue weighted by Gasteiger charge is -2.27. The van der Waals surface area contributed by atoms with Crippen molar-refractivity contribution in [1.29, 1.82) is 0 Å². The molecule has 2 heteroatoms. The summed E-state index contributed by atoms with van der Waals surface area (Å²) >= 11 is 0. The van der Waals surface area contributed by atoms with Crippen LogP contribution >= 0.6 is 0 Å². The van der Waals surface area contributed by atoms with E-state index in [4.69, 9.17) is 4.74 Å². The first-order valence-corrected chi connectivity index (χ1v) is 18.7. The molecule has 2 atom stereocenters. The van der Waals surface area contributed by atoms with Crippen molar-refractivity contribution in [1.82, 2.24) is 0 Å². The Morgan fingerprint density at radius 3 is 1.31 bits per heavy atom. The van der Waals surface area contributed by atoms with Crippen LogP contribution in [-0.2, 0) is 0 Å². The topological polar surface area (TPSA) is 12.5 Å². The van der Waals surface area contributed by atoms with Crippen molar-refractivity contribution in [3.8, 4) is 39.1 Å². The van der Waals surface area contributed by atoms with E-state index in [1.807, 2.05) is 0 Å². The Morgan fingerprint density at radius 1 is 0.352 bits per heavy atom. The van der Waals surface area contributed by atoms with E-state index in [0.29, 0.717) is 0 Å². The highest BCUT2D eigenvalue weighted by Crippen LogP contribution is 2.53. The molecule has 0 N–H and O–H groups in total. The number of ether oxygens (including phenoxy) is 1. The zero-order valence-electron chi connectivity index (χ0n) is 29.7. The van der Waals surface area contributed by atoms with Crippen LogP contribution in [0.4, 0.5) is 17.1 Å². The second kappa shape index (κ2) is 13.6. The number of hydrogen-bond donors (Lipinski definition) is 0. The molecule has 8 aromatic carbocycles. The maximum atomic E-state index is 6.79. The molecule has 2 nitrogen and oxygen atoms in total. The van der Waals surface area contributed by atoms with Gasteiger partial charge < -0.3 is 9.64 Å². The highest BCUT2D eigenvalue weighted by Gasteiger charge is 2.39. The summed E-state index contributed by atoms with van der Waals surface area (Å²) in [5.41, 5.74) is 16.7. The maximum absolute atomic E-state index is 6.79. The molecule has 54 heavy (non-hydrogen) atoms. The van der Waals surface area contributed by atoms with Crippen LogP contribution in [0, 0.1) is 0 Å². The normalized spacial score (nSPS) is 15.3. The van der Waals surface area contributed by atoms with Crippen LogP contribution in [-0.4, -0.2) is 0 Å². The highest BCUT2D eigenvalue weighted by molar-refractivity contribution is 5.85. The lowest BCUT2D eigenvalue weighted by atomic mass is 9.78. The minimum atomic E-state index is -0.0311. The minimum absolute atomic E-state index is 0.0311. The van der Waals surface area contributed by atoms with Crippen molar-refractivity contribution in [2.45, 2.75) is 12.0 Å². The average Bonchev–Trinajstić information content (AvgIpc) is 3.63. The van der Waals surface area contributed by atoms with E-state index in [1.165, 1.54) is 50.1 Å². The number of nitrogens with zero attached hydrogens (tertiary/aromatic N) is 1. The summed E-state index contributed by atoms with van der Waals surface area (Å²) < 4.78 is 6.79. The molecule has 0 saturated carbocycles. The van der Waals surface area contributed by atoms with Crippen LogP contribution in [0.15, 0.2) is 212 Å². The lowest BCUT2D eigenvalue weighted by molar-refractivity contribution is 0.223. The molecule has 0 bridgehead atoms. The van der Waals surface area contributed by atoms with E-state index in [9.17, 15) is 0 Å². The second-order valence-corrected chi connectivity index (χ2v) is 14.1. The van der Waals surface area contributed by atoms with Gasteiger partial charge in [-0.1, -0.05) is 170 Å². The van der Waals surface area contributed by atoms with Crippen molar-refractivity contribution in [3.05, 3.63) is 235 Å². The number of fused-ring (bicyclic) bond motifs is 5. The third-order valence-corrected chi connectivity index (χ3v) is 10.9. The van der Waals surface area contributed by atoms with Crippen molar-refractivity contribution in [2.24, 2.45) is 0 Å². The van der Waals surface area contributed by atoms with Crippen LogP contribution in [0.25, 0.3) is 39.0 Å². The van der Waals surface area contributed by atoms with Crippen LogP contribution in [0.2, 0.25) is 0 Å². The zero-order valence-corrected chi connectivity index (χ0v) is 29.7. The fraction of sp³-hybridized carbons (Fsp3) is 0.0385. The molecule has 0 amide bonds. The van der Waals surface area contributed by atoms with Crippen molar-refractivity contribution < 1.29 is 4.74 Å². The molecule has 2 unspecified atom stereocenters. The van der Waals surface area contributed by atoms with Crippen LogP contribution in [0.1, 0.15) is 34.3 Å². The molecule has 0 saturated heterocycles. The fourth-order valence-electron chi connectivity index (χ4n) is 8.15. The summed E-state index contributed by atoms with van der Waals surface area (Å²) in [7, 11) is 0. The molecule has 0 aromatic heterocycles. The molecule has 0 spiro atoms. The predicted octanol–water partition coefficient (Wildman–Crippen LogP) is 13.8. The number of benzene rings is 8. The Kier molecular flexibility index (Phi) is 8.00. The lowest BCUT2D eigenvalue weighted by Crippen LogP contribution is -2.15.